The fourth-order valence-electron chi connectivity index (χ4n) is 1.63. The summed E-state index contributed by atoms with van der Waals surface area (Å²) in [5.41, 5.74) is 0.733. The third-order valence-electron chi connectivity index (χ3n) is 2.54. The molecule has 0 fully saturated rings. The van der Waals surface area contributed by atoms with E-state index in [9.17, 15) is 4.79 Å². The van der Waals surface area contributed by atoms with Crippen LogP contribution in [0, 0.1) is 5.92 Å². The predicted molar refractivity (Wildman–Crippen MR) is 59.5 cm³/mol. The summed E-state index contributed by atoms with van der Waals surface area (Å²) in [5.74, 6) is 0.508. The van der Waals surface area contributed by atoms with Crippen molar-refractivity contribution < 1.29 is 9.53 Å². The van der Waals surface area contributed by atoms with E-state index in [1.54, 1.807) is 18.0 Å². The molecule has 0 aromatic heterocycles. The maximum absolute atomic E-state index is 11.8. The molecule has 80 valence electrons. The quantitative estimate of drug-likeness (QED) is 0.678. The average Bonchev–Trinajstić information content (AvgIpc) is 2.33. The standard InChI is InChI=1S/C11H12ClNO2/c1-7-6-15-10-8(12)4-3-5-9(10)13(2)11(7)14/h3-5,7H,6H2,1-2H3. The number of carbonyl (C=O) groups excluding carboxylic acids is 1. The normalized spacial score (nSPS) is 20.6. The number of hydrogen-bond acceptors (Lipinski definition) is 2. The van der Waals surface area contributed by atoms with E-state index >= 15 is 0 Å². The van der Waals surface area contributed by atoms with Crippen LogP contribution in [0.1, 0.15) is 6.92 Å². The number of halogens is 1. The van der Waals surface area contributed by atoms with E-state index in [1.807, 2.05) is 19.1 Å². The van der Waals surface area contributed by atoms with Crippen LogP contribution in [-0.4, -0.2) is 19.6 Å². The molecule has 15 heavy (non-hydrogen) atoms. The average molecular weight is 226 g/mol. The Morgan fingerprint density at radius 1 is 1.53 bits per heavy atom. The van der Waals surface area contributed by atoms with Gasteiger partial charge in [0.05, 0.1) is 23.2 Å². The number of fused-ring (bicyclic) bond motifs is 1. The molecule has 0 radical (unpaired) electrons. The van der Waals surface area contributed by atoms with Crippen LogP contribution in [0.25, 0.3) is 0 Å². The number of nitrogens with zero attached hydrogens (tertiary/aromatic N) is 1. The lowest BCUT2D eigenvalue weighted by Gasteiger charge is -2.17. The van der Waals surface area contributed by atoms with Crippen LogP contribution in [0.3, 0.4) is 0 Å². The molecule has 0 N–H and O–H groups in total. The summed E-state index contributed by atoms with van der Waals surface area (Å²) < 4.78 is 5.54. The van der Waals surface area contributed by atoms with Crippen molar-refractivity contribution in [3.05, 3.63) is 23.2 Å². The van der Waals surface area contributed by atoms with Crippen LogP contribution < -0.4 is 9.64 Å². The molecule has 0 aliphatic carbocycles. The van der Waals surface area contributed by atoms with E-state index in [0.29, 0.717) is 17.4 Å². The fourth-order valence-corrected chi connectivity index (χ4v) is 1.86. The minimum atomic E-state index is -0.140. The molecule has 1 heterocycles. The van der Waals surface area contributed by atoms with Crippen LogP contribution in [0.5, 0.6) is 5.75 Å². The lowest BCUT2D eigenvalue weighted by Crippen LogP contribution is -2.31. The highest BCUT2D eigenvalue weighted by molar-refractivity contribution is 6.32. The Morgan fingerprint density at radius 3 is 3.00 bits per heavy atom. The number of ether oxygens (including phenoxy) is 1. The van der Waals surface area contributed by atoms with Crippen LogP contribution in [0.2, 0.25) is 5.02 Å². The van der Waals surface area contributed by atoms with Gasteiger partial charge in [-0.2, -0.15) is 0 Å². The van der Waals surface area contributed by atoms with Crippen LogP contribution >= 0.6 is 11.6 Å². The molecule has 1 unspecified atom stereocenters. The number of rotatable bonds is 0. The SMILES string of the molecule is CC1COc2c(Cl)cccc2N(C)C1=O. The van der Waals surface area contributed by atoms with Crippen molar-refractivity contribution in [2.75, 3.05) is 18.6 Å². The molecular weight excluding hydrogens is 214 g/mol. The number of para-hydroxylation sites is 1. The van der Waals surface area contributed by atoms with Gasteiger partial charge >= 0.3 is 0 Å². The lowest BCUT2D eigenvalue weighted by molar-refractivity contribution is -0.122. The Kier molecular flexibility index (Phi) is 2.57. The van der Waals surface area contributed by atoms with Crippen LogP contribution in [-0.2, 0) is 4.79 Å². The number of benzene rings is 1. The maximum atomic E-state index is 11.8. The van der Waals surface area contributed by atoms with Gasteiger partial charge in [0.2, 0.25) is 5.91 Å². The van der Waals surface area contributed by atoms with E-state index in [1.165, 1.54) is 0 Å². The molecule has 3 nitrogen and oxygen atoms in total. The zero-order valence-corrected chi connectivity index (χ0v) is 9.41. The number of anilines is 1. The summed E-state index contributed by atoms with van der Waals surface area (Å²) in [6, 6.07) is 5.40. The molecule has 1 aromatic rings. The molecule has 1 aliphatic rings. The molecule has 0 spiro atoms. The molecule has 0 bridgehead atoms. The summed E-state index contributed by atoms with van der Waals surface area (Å²) >= 11 is 6.01. The smallest absolute Gasteiger partial charge is 0.233 e. The van der Waals surface area contributed by atoms with Gasteiger partial charge in [-0.1, -0.05) is 24.6 Å². The van der Waals surface area contributed by atoms with Crippen LogP contribution in [0.4, 0.5) is 5.69 Å². The van der Waals surface area contributed by atoms with Crippen LogP contribution in [0.15, 0.2) is 18.2 Å². The van der Waals surface area contributed by atoms with E-state index < -0.39 is 0 Å². The van der Waals surface area contributed by atoms with E-state index in [0.717, 1.165) is 5.69 Å². The second-order valence-electron chi connectivity index (χ2n) is 3.70. The molecule has 4 heteroatoms. The van der Waals surface area contributed by atoms with E-state index in [-0.39, 0.29) is 11.8 Å². The maximum Gasteiger partial charge on any atom is 0.233 e. The Balaban J connectivity index is 2.52. The van der Waals surface area contributed by atoms with Gasteiger partial charge in [0, 0.05) is 7.05 Å². The number of amides is 1. The summed E-state index contributed by atoms with van der Waals surface area (Å²) in [6.07, 6.45) is 0. The highest BCUT2D eigenvalue weighted by atomic mass is 35.5. The first-order valence-corrected chi connectivity index (χ1v) is 5.18. The fraction of sp³-hybridized carbons (Fsp3) is 0.364. The Morgan fingerprint density at radius 2 is 2.27 bits per heavy atom. The van der Waals surface area contributed by atoms with Gasteiger partial charge in [0.1, 0.15) is 0 Å². The zero-order chi connectivity index (χ0) is 11.0. The minimum Gasteiger partial charge on any atom is -0.489 e. The predicted octanol–water partition coefficient (Wildman–Crippen LogP) is 2.33. The van der Waals surface area contributed by atoms with Gasteiger partial charge < -0.3 is 9.64 Å². The molecule has 1 atom stereocenters. The van der Waals surface area contributed by atoms with Crippen molar-refractivity contribution in [1.29, 1.82) is 0 Å². The highest BCUT2D eigenvalue weighted by Crippen LogP contribution is 2.37. The summed E-state index contributed by atoms with van der Waals surface area (Å²) in [6.45, 7) is 2.22. The Labute approximate surface area is 93.6 Å². The number of carbonyl (C=O) groups is 1. The Bertz CT molecular complexity index is 406. The van der Waals surface area contributed by atoms with Gasteiger partial charge in [-0.05, 0) is 12.1 Å². The molecular formula is C11H12ClNO2. The first-order chi connectivity index (χ1) is 7.11. The second-order valence-corrected chi connectivity index (χ2v) is 4.10. The van der Waals surface area contributed by atoms with E-state index in [4.69, 9.17) is 16.3 Å². The molecule has 1 aromatic carbocycles. The number of hydrogen-bond donors (Lipinski definition) is 0. The van der Waals surface area contributed by atoms with Gasteiger partial charge in [-0.3, -0.25) is 4.79 Å². The summed E-state index contributed by atoms with van der Waals surface area (Å²) in [4.78, 5) is 13.4. The zero-order valence-electron chi connectivity index (χ0n) is 8.66. The molecule has 1 amide bonds. The minimum absolute atomic E-state index is 0.0519. The molecule has 2 rings (SSSR count). The van der Waals surface area contributed by atoms with Crippen molar-refractivity contribution in [2.24, 2.45) is 5.92 Å². The largest absolute Gasteiger partial charge is 0.489 e. The topological polar surface area (TPSA) is 29.5 Å². The summed E-state index contributed by atoms with van der Waals surface area (Å²) in [7, 11) is 1.74. The summed E-state index contributed by atoms with van der Waals surface area (Å²) in [5, 5.41) is 0.543. The van der Waals surface area contributed by atoms with Crippen molar-refractivity contribution in [1.82, 2.24) is 0 Å². The van der Waals surface area contributed by atoms with Gasteiger partial charge in [-0.25, -0.2) is 0 Å². The first-order valence-electron chi connectivity index (χ1n) is 4.80. The third-order valence-corrected chi connectivity index (χ3v) is 2.84. The Hall–Kier alpha value is -1.22. The highest BCUT2D eigenvalue weighted by Gasteiger charge is 2.26. The second kappa shape index (κ2) is 3.74. The monoisotopic (exact) mass is 225 g/mol. The molecule has 0 saturated heterocycles. The molecule has 1 aliphatic heterocycles. The first kappa shape index (κ1) is 10.3. The van der Waals surface area contributed by atoms with Gasteiger partial charge in [0.15, 0.2) is 5.75 Å². The van der Waals surface area contributed by atoms with Crippen molar-refractivity contribution in [3.8, 4) is 5.75 Å². The van der Waals surface area contributed by atoms with Crippen molar-refractivity contribution in [2.45, 2.75) is 6.92 Å². The van der Waals surface area contributed by atoms with Gasteiger partial charge in [0.25, 0.3) is 0 Å². The lowest BCUT2D eigenvalue weighted by atomic mass is 10.2. The van der Waals surface area contributed by atoms with Gasteiger partial charge in [-0.15, -0.1) is 0 Å². The van der Waals surface area contributed by atoms with Crippen molar-refractivity contribution >= 4 is 23.2 Å². The molecule has 0 saturated carbocycles. The van der Waals surface area contributed by atoms with E-state index in [2.05, 4.69) is 0 Å². The third kappa shape index (κ3) is 1.67. The van der Waals surface area contributed by atoms with Crippen molar-refractivity contribution in [3.63, 3.8) is 0 Å².